The minimum atomic E-state index is 0.0211. The molecule has 1 atom stereocenters. The highest BCUT2D eigenvalue weighted by atomic mass is 16.5. The fraction of sp³-hybridized carbons (Fsp3) is 0.545. The van der Waals surface area contributed by atoms with Gasteiger partial charge in [0.15, 0.2) is 0 Å². The molecular weight excluding hydrogens is 354 g/mol. The van der Waals surface area contributed by atoms with Gasteiger partial charge in [-0.3, -0.25) is 14.5 Å². The third-order valence-electron chi connectivity index (χ3n) is 6.05. The summed E-state index contributed by atoms with van der Waals surface area (Å²) in [6, 6.07) is 8.14. The SMILES string of the molecule is COc1ccccc1/C=C/CN1C[C@H](NC(C)=O)CC12CCN(C(C)=O)CC2. The van der Waals surface area contributed by atoms with Crippen LogP contribution in [-0.2, 0) is 9.59 Å². The maximum absolute atomic E-state index is 11.7. The maximum atomic E-state index is 11.7. The number of hydrogen-bond acceptors (Lipinski definition) is 4. The molecule has 2 aliphatic rings. The molecule has 0 radical (unpaired) electrons. The average molecular weight is 386 g/mol. The summed E-state index contributed by atoms with van der Waals surface area (Å²) in [5, 5.41) is 3.10. The van der Waals surface area contributed by atoms with Gasteiger partial charge in [-0.25, -0.2) is 0 Å². The monoisotopic (exact) mass is 385 g/mol. The summed E-state index contributed by atoms with van der Waals surface area (Å²) < 4.78 is 5.42. The maximum Gasteiger partial charge on any atom is 0.219 e. The molecule has 0 bridgehead atoms. The molecule has 6 nitrogen and oxygen atoms in total. The van der Waals surface area contributed by atoms with Crippen LogP contribution >= 0.6 is 0 Å². The predicted molar refractivity (Wildman–Crippen MR) is 110 cm³/mol. The van der Waals surface area contributed by atoms with Gasteiger partial charge in [0.05, 0.1) is 7.11 Å². The zero-order valence-electron chi connectivity index (χ0n) is 17.1. The number of amides is 2. The lowest BCUT2D eigenvalue weighted by Gasteiger charge is -2.44. The lowest BCUT2D eigenvalue weighted by Crippen LogP contribution is -2.52. The molecular formula is C22H31N3O3. The van der Waals surface area contributed by atoms with Crippen LogP contribution in [0.5, 0.6) is 5.75 Å². The van der Waals surface area contributed by atoms with E-state index in [2.05, 4.69) is 22.4 Å². The van der Waals surface area contributed by atoms with Crippen molar-refractivity contribution < 1.29 is 14.3 Å². The summed E-state index contributed by atoms with van der Waals surface area (Å²) in [5.41, 5.74) is 1.10. The first-order valence-corrected chi connectivity index (χ1v) is 10.0. The van der Waals surface area contributed by atoms with Crippen LogP contribution in [-0.4, -0.2) is 66.5 Å². The van der Waals surface area contributed by atoms with Crippen LogP contribution in [0.3, 0.4) is 0 Å². The van der Waals surface area contributed by atoms with E-state index >= 15 is 0 Å². The largest absolute Gasteiger partial charge is 0.496 e. The Balaban J connectivity index is 1.71. The second kappa shape index (κ2) is 8.78. The van der Waals surface area contributed by atoms with Crippen LogP contribution in [0.2, 0.25) is 0 Å². The van der Waals surface area contributed by atoms with E-state index in [0.29, 0.717) is 0 Å². The Bertz CT molecular complexity index is 738. The minimum Gasteiger partial charge on any atom is -0.496 e. The normalized spacial score (nSPS) is 22.0. The average Bonchev–Trinajstić information content (AvgIpc) is 2.98. The Kier molecular flexibility index (Phi) is 6.39. The third-order valence-corrected chi connectivity index (χ3v) is 6.05. The lowest BCUT2D eigenvalue weighted by molar-refractivity contribution is -0.131. The highest BCUT2D eigenvalue weighted by Gasteiger charge is 2.47. The Morgan fingerprint density at radius 2 is 1.96 bits per heavy atom. The first-order valence-electron chi connectivity index (χ1n) is 10.0. The number of methoxy groups -OCH3 is 1. The molecule has 1 aromatic carbocycles. The number of likely N-dealkylation sites (tertiary alicyclic amines) is 2. The van der Waals surface area contributed by atoms with E-state index in [1.165, 1.54) is 0 Å². The molecule has 2 fully saturated rings. The molecule has 2 amide bonds. The molecule has 0 unspecified atom stereocenters. The van der Waals surface area contributed by atoms with Crippen molar-refractivity contribution in [2.75, 3.05) is 33.3 Å². The molecule has 1 N–H and O–H groups in total. The second-order valence-electron chi connectivity index (χ2n) is 7.88. The first kappa shape index (κ1) is 20.4. The third kappa shape index (κ3) is 4.55. The van der Waals surface area contributed by atoms with E-state index in [-0.39, 0.29) is 23.4 Å². The number of benzene rings is 1. The summed E-state index contributed by atoms with van der Waals surface area (Å²) >= 11 is 0. The minimum absolute atomic E-state index is 0.0211. The van der Waals surface area contributed by atoms with Gasteiger partial charge in [-0.2, -0.15) is 0 Å². The van der Waals surface area contributed by atoms with Crippen LogP contribution in [0.25, 0.3) is 6.08 Å². The standard InChI is InChI=1S/C22H31N3O3/c1-17(26)23-20-15-22(10-13-24(14-11-22)18(2)27)25(16-20)12-6-8-19-7-4-5-9-21(19)28-3/h4-9,20H,10-16H2,1-3H3,(H,23,26)/b8-6+/t20-/m1/s1. The van der Waals surface area contributed by atoms with Crippen LogP contribution in [0.4, 0.5) is 0 Å². The number of nitrogens with one attached hydrogen (secondary N) is 1. The van der Waals surface area contributed by atoms with Gasteiger partial charge in [0.25, 0.3) is 0 Å². The van der Waals surface area contributed by atoms with E-state index in [1.807, 2.05) is 29.2 Å². The zero-order chi connectivity index (χ0) is 20.1. The van der Waals surface area contributed by atoms with Crippen molar-refractivity contribution in [3.8, 4) is 5.75 Å². The molecule has 0 saturated carbocycles. The summed E-state index contributed by atoms with van der Waals surface area (Å²) in [5.74, 6) is 1.03. The Morgan fingerprint density at radius 1 is 1.25 bits per heavy atom. The van der Waals surface area contributed by atoms with E-state index in [4.69, 9.17) is 4.74 Å². The molecule has 0 aromatic heterocycles. The molecule has 2 aliphatic heterocycles. The van der Waals surface area contributed by atoms with Crippen molar-refractivity contribution >= 4 is 17.9 Å². The lowest BCUT2D eigenvalue weighted by atomic mass is 9.84. The van der Waals surface area contributed by atoms with Crippen molar-refractivity contribution in [1.29, 1.82) is 0 Å². The predicted octanol–water partition coefficient (Wildman–Crippen LogP) is 2.30. The molecule has 2 heterocycles. The van der Waals surface area contributed by atoms with E-state index in [9.17, 15) is 9.59 Å². The molecule has 1 aromatic rings. The summed E-state index contributed by atoms with van der Waals surface area (Å²) in [6.07, 6.45) is 7.12. The van der Waals surface area contributed by atoms with Gasteiger partial charge in [-0.15, -0.1) is 0 Å². The Labute approximate surface area is 167 Å². The number of ether oxygens (including phenoxy) is 1. The number of nitrogens with zero attached hydrogens (tertiary/aromatic N) is 2. The van der Waals surface area contributed by atoms with Crippen molar-refractivity contribution in [3.05, 3.63) is 35.9 Å². The fourth-order valence-electron chi connectivity index (χ4n) is 4.63. The molecule has 6 heteroatoms. The molecule has 0 aliphatic carbocycles. The molecule has 28 heavy (non-hydrogen) atoms. The quantitative estimate of drug-likeness (QED) is 0.845. The zero-order valence-corrected chi connectivity index (χ0v) is 17.1. The number of hydrogen-bond donors (Lipinski definition) is 1. The molecule has 1 spiro atoms. The summed E-state index contributed by atoms with van der Waals surface area (Å²) in [4.78, 5) is 27.7. The highest BCUT2D eigenvalue weighted by molar-refractivity contribution is 5.73. The van der Waals surface area contributed by atoms with Gasteiger partial charge in [-0.05, 0) is 25.3 Å². The van der Waals surface area contributed by atoms with Gasteiger partial charge in [-0.1, -0.05) is 30.4 Å². The molecule has 152 valence electrons. The number of piperidine rings is 1. The molecule has 3 rings (SSSR count). The van der Waals surface area contributed by atoms with Gasteiger partial charge in [0.2, 0.25) is 11.8 Å². The fourth-order valence-corrected chi connectivity index (χ4v) is 4.63. The Hall–Kier alpha value is -2.34. The van der Waals surface area contributed by atoms with Crippen LogP contribution in [0.15, 0.2) is 30.3 Å². The van der Waals surface area contributed by atoms with Crippen LogP contribution in [0, 0.1) is 0 Å². The van der Waals surface area contributed by atoms with Crippen molar-refractivity contribution in [3.63, 3.8) is 0 Å². The number of carbonyl (C=O) groups excluding carboxylic acids is 2. The molecule has 2 saturated heterocycles. The van der Waals surface area contributed by atoms with E-state index in [1.54, 1.807) is 21.0 Å². The number of carbonyl (C=O) groups is 2. The number of para-hydroxylation sites is 1. The summed E-state index contributed by atoms with van der Waals surface area (Å²) in [6.45, 7) is 6.45. The van der Waals surface area contributed by atoms with Crippen molar-refractivity contribution in [2.24, 2.45) is 0 Å². The van der Waals surface area contributed by atoms with Gasteiger partial charge in [0.1, 0.15) is 5.75 Å². The van der Waals surface area contributed by atoms with Gasteiger partial charge >= 0.3 is 0 Å². The highest BCUT2D eigenvalue weighted by Crippen LogP contribution is 2.38. The number of rotatable bonds is 5. The topological polar surface area (TPSA) is 61.9 Å². The van der Waals surface area contributed by atoms with Crippen LogP contribution < -0.4 is 10.1 Å². The first-order chi connectivity index (χ1) is 13.4. The van der Waals surface area contributed by atoms with E-state index in [0.717, 1.165) is 56.8 Å². The van der Waals surface area contributed by atoms with E-state index < -0.39 is 0 Å². The smallest absolute Gasteiger partial charge is 0.219 e. The van der Waals surface area contributed by atoms with Crippen molar-refractivity contribution in [1.82, 2.24) is 15.1 Å². The van der Waals surface area contributed by atoms with Gasteiger partial charge in [0, 0.05) is 57.2 Å². The summed E-state index contributed by atoms with van der Waals surface area (Å²) in [7, 11) is 1.68. The second-order valence-corrected chi connectivity index (χ2v) is 7.88. The van der Waals surface area contributed by atoms with Crippen molar-refractivity contribution in [2.45, 2.75) is 44.7 Å². The Morgan fingerprint density at radius 3 is 2.61 bits per heavy atom. The van der Waals surface area contributed by atoms with Gasteiger partial charge < -0.3 is 15.0 Å². The van der Waals surface area contributed by atoms with Crippen LogP contribution in [0.1, 0.15) is 38.7 Å².